The summed E-state index contributed by atoms with van der Waals surface area (Å²) in [7, 11) is -5.28. The Hall–Kier alpha value is -0.235. The van der Waals surface area contributed by atoms with Crippen molar-refractivity contribution in [3.05, 3.63) is 30.3 Å². The van der Waals surface area contributed by atoms with Crippen LogP contribution >= 0.6 is 0 Å². The quantitative estimate of drug-likeness (QED) is 0.328. The third-order valence-corrected chi connectivity index (χ3v) is 1.88. The van der Waals surface area contributed by atoms with E-state index in [1.54, 1.807) is 6.07 Å². The second-order valence-corrected chi connectivity index (χ2v) is 4.01. The van der Waals surface area contributed by atoms with E-state index in [2.05, 4.69) is 17.9 Å². The van der Waals surface area contributed by atoms with E-state index in [9.17, 15) is 13.0 Å². The van der Waals surface area contributed by atoms with Crippen molar-refractivity contribution in [2.45, 2.75) is 18.7 Å². The van der Waals surface area contributed by atoms with Gasteiger partial charge in [0, 0.05) is 0 Å². The third kappa shape index (κ3) is 10.1. The molecule has 0 fully saturated rings. The molecule has 0 aliphatic carbocycles. The molecule has 0 unspecified atom stereocenters. The Balaban J connectivity index is 0. The molecule has 1 aromatic rings. The summed E-state index contributed by atoms with van der Waals surface area (Å²) in [5.41, 5.74) is 0. The summed E-state index contributed by atoms with van der Waals surface area (Å²) < 4.78 is 37.0. The molecule has 0 N–H and O–H groups in total. The van der Waals surface area contributed by atoms with Crippen molar-refractivity contribution in [1.82, 2.24) is 0 Å². The number of hydrogen-bond acceptors (Lipinski definition) is 5. The van der Waals surface area contributed by atoms with Crippen LogP contribution < -0.4 is 0 Å². The van der Waals surface area contributed by atoms with Crippen LogP contribution in [0.2, 0.25) is 0 Å². The molecule has 0 spiro atoms. The van der Waals surface area contributed by atoms with Gasteiger partial charge in [-0.3, -0.25) is 0 Å². The molecule has 0 aliphatic heterocycles. The van der Waals surface area contributed by atoms with Crippen molar-refractivity contribution in [2.75, 3.05) is 0 Å². The fraction of sp³-hybridized carbons (Fsp3) is 0.250. The van der Waals surface area contributed by atoms with Crippen LogP contribution in [0.4, 0.5) is 0 Å². The minimum absolute atomic E-state index is 0.185. The van der Waals surface area contributed by atoms with E-state index >= 15 is 0 Å². The standard InChI is InChI=1S/C6H6O3S.C2H6.BHS2/c7-10(8,9)6-4-2-1-3-5-6;1-2;1-3-2/h1-5H,(H,7,8,9);1-2H3;3H/q;;-1/p-1/i;;3D. The van der Waals surface area contributed by atoms with Crippen LogP contribution in [-0.2, 0) is 31.0 Å². The molecule has 0 aromatic heterocycles. The molecule has 0 bridgehead atoms. The molecular weight excluding hydrogens is 251 g/mol. The van der Waals surface area contributed by atoms with E-state index in [1.807, 2.05) is 13.8 Å². The molecule has 7 heteroatoms. The fourth-order valence-corrected chi connectivity index (χ4v) is 1.08. The van der Waals surface area contributed by atoms with E-state index in [0.717, 1.165) is 0 Å². The zero-order chi connectivity index (χ0) is 13.2. The van der Waals surface area contributed by atoms with Crippen LogP contribution in [0.5, 0.6) is 0 Å². The molecule has 0 heterocycles. The SMILES string of the molecule is CC.O=S(=O)([O-])c1ccccc1.[2H][S-](=[B])=S. The van der Waals surface area contributed by atoms with Crippen LogP contribution in [0.3, 0.4) is 0 Å². The Morgan fingerprint density at radius 3 is 1.93 bits per heavy atom. The number of hydrogen-bond donors (Lipinski definition) is 0. The summed E-state index contributed by atoms with van der Waals surface area (Å²) in [6.45, 7) is 8.62. The topological polar surface area (TPSA) is 57.2 Å². The van der Waals surface area contributed by atoms with Crippen LogP contribution in [-0.4, -0.2) is 20.8 Å². The average Bonchev–Trinajstić information content (AvgIpc) is 2.20. The first-order valence-corrected chi connectivity index (χ1v) is 7.23. The van der Waals surface area contributed by atoms with Crippen LogP contribution in [0.25, 0.3) is 0 Å². The van der Waals surface area contributed by atoms with E-state index in [1.165, 1.54) is 24.3 Å². The zero-order valence-corrected chi connectivity index (χ0v) is 10.9. The van der Waals surface area contributed by atoms with Gasteiger partial charge in [0.15, 0.2) is 0 Å². The van der Waals surface area contributed by atoms with E-state index < -0.39 is 19.8 Å². The van der Waals surface area contributed by atoms with Crippen molar-refractivity contribution in [3.8, 4) is 0 Å². The van der Waals surface area contributed by atoms with Gasteiger partial charge in [-0.1, -0.05) is 32.0 Å². The molecule has 0 saturated heterocycles. The van der Waals surface area contributed by atoms with Crippen molar-refractivity contribution >= 4 is 37.7 Å². The van der Waals surface area contributed by atoms with Crippen LogP contribution in [0, 0.1) is 0 Å². The Labute approximate surface area is 101 Å². The Morgan fingerprint density at radius 2 is 1.73 bits per heavy atom. The van der Waals surface area contributed by atoms with E-state index in [-0.39, 0.29) is 4.90 Å². The van der Waals surface area contributed by atoms with E-state index in [4.69, 9.17) is 1.12 Å². The molecule has 1 radical (unpaired) electrons. The van der Waals surface area contributed by atoms with Crippen LogP contribution in [0.15, 0.2) is 35.2 Å². The maximum absolute atomic E-state index is 10.3. The number of thiol groups is 1. The molecule has 0 aliphatic rings. The predicted molar refractivity (Wildman–Crippen MR) is 67.6 cm³/mol. The molecule has 3 nitrogen and oxygen atoms in total. The minimum atomic E-state index is -4.25. The number of benzene rings is 1. The Kier molecular flexibility index (Phi) is 10.1. The molecule has 1 aromatic carbocycles. The normalized spacial score (nSPS) is 10.2. The second-order valence-electron chi connectivity index (χ2n) is 1.86. The average molecular weight is 264 g/mol. The molecule has 85 valence electrons. The van der Waals surface area contributed by atoms with E-state index in [0.29, 0.717) is 0 Å². The molecule has 1 rings (SSSR count). The van der Waals surface area contributed by atoms with Gasteiger partial charge in [0.1, 0.15) is 10.1 Å². The van der Waals surface area contributed by atoms with Gasteiger partial charge in [0.2, 0.25) is 0 Å². The Bertz CT molecular complexity index is 435. The maximum atomic E-state index is 10.3. The molecule has 0 saturated carbocycles. The van der Waals surface area contributed by atoms with Crippen molar-refractivity contribution in [1.29, 1.82) is 1.12 Å². The first-order chi connectivity index (χ1) is 7.34. The summed E-state index contributed by atoms with van der Waals surface area (Å²) in [6.07, 6.45) is 0. The van der Waals surface area contributed by atoms with Crippen LogP contribution in [0.1, 0.15) is 13.8 Å². The van der Waals surface area contributed by atoms with Gasteiger partial charge in [0.25, 0.3) is 0 Å². The predicted octanol–water partition coefficient (Wildman–Crippen LogP) is 0.964. The molecule has 0 amide bonds. The third-order valence-electron chi connectivity index (χ3n) is 1.03. The summed E-state index contributed by atoms with van der Waals surface area (Å²) in [5, 5.41) is 0. The van der Waals surface area contributed by atoms with Gasteiger partial charge in [-0.2, -0.15) is 0 Å². The van der Waals surface area contributed by atoms with Gasteiger partial charge in [0.05, 0.1) is 4.90 Å². The van der Waals surface area contributed by atoms with Crippen molar-refractivity contribution < 1.29 is 13.0 Å². The first kappa shape index (κ1) is 14.8. The summed E-state index contributed by atoms with van der Waals surface area (Å²) in [6, 6.07) is 7.19. The van der Waals surface area contributed by atoms with Crippen molar-refractivity contribution in [2.24, 2.45) is 0 Å². The zero-order valence-electron chi connectivity index (χ0n) is 9.41. The monoisotopic (exact) mass is 264 g/mol. The Morgan fingerprint density at radius 1 is 1.40 bits per heavy atom. The number of rotatable bonds is 1. The van der Waals surface area contributed by atoms with Crippen molar-refractivity contribution in [3.63, 3.8) is 0 Å². The van der Waals surface area contributed by atoms with Gasteiger partial charge >= 0.3 is 28.7 Å². The van der Waals surface area contributed by atoms with Gasteiger partial charge in [-0.25, -0.2) is 8.42 Å². The molecular formula is C8H12BO3S3-2. The van der Waals surface area contributed by atoms with Gasteiger partial charge < -0.3 is 4.55 Å². The van der Waals surface area contributed by atoms with Gasteiger partial charge in [-0.15, -0.1) is 0 Å². The summed E-state index contributed by atoms with van der Waals surface area (Å²) in [4.78, 5) is -0.185. The first-order valence-electron chi connectivity index (χ1n) is 4.43. The molecule has 15 heavy (non-hydrogen) atoms. The second kappa shape index (κ2) is 10.3. The summed E-state index contributed by atoms with van der Waals surface area (Å²) in [5.74, 6) is 0. The summed E-state index contributed by atoms with van der Waals surface area (Å²) >= 11 is 4.09. The molecule has 0 atom stereocenters. The fourth-order valence-electron chi connectivity index (χ4n) is 0.587. The van der Waals surface area contributed by atoms with Gasteiger partial charge in [-0.05, 0) is 12.1 Å².